The van der Waals surface area contributed by atoms with Gasteiger partial charge in [0.15, 0.2) is 0 Å². The molecule has 0 bridgehead atoms. The van der Waals surface area contributed by atoms with Crippen LogP contribution in [0, 0.1) is 0 Å². The molecule has 0 N–H and O–H groups in total. The smallest absolute Gasteiger partial charge is 0.124 e. The van der Waals surface area contributed by atoms with Gasteiger partial charge in [-0.2, -0.15) is 0 Å². The van der Waals surface area contributed by atoms with E-state index < -0.39 is 0 Å². The highest BCUT2D eigenvalue weighted by atomic mass is 32.1. The summed E-state index contributed by atoms with van der Waals surface area (Å²) in [5.74, 6) is 0.833. The van der Waals surface area contributed by atoms with Gasteiger partial charge in [0.25, 0.3) is 0 Å². The molecule has 0 saturated heterocycles. The van der Waals surface area contributed by atoms with Crippen LogP contribution in [0.5, 0.6) is 0 Å². The van der Waals surface area contributed by atoms with Crippen molar-refractivity contribution in [3.05, 3.63) is 114 Å². The number of thiophene rings is 1. The summed E-state index contributed by atoms with van der Waals surface area (Å²) in [5.41, 5.74) is 7.96. The molecule has 3 aromatic carbocycles. The number of pyridine rings is 1. The average molecular weight is 414 g/mol. The van der Waals surface area contributed by atoms with E-state index in [0.29, 0.717) is 11.8 Å². The third kappa shape index (κ3) is 2.52. The fourth-order valence-corrected chi connectivity index (χ4v) is 6.29. The lowest BCUT2D eigenvalue weighted by Crippen LogP contribution is -2.16. The number of hydrogen-bond acceptors (Lipinski definition) is 2. The zero-order valence-corrected chi connectivity index (χ0v) is 17.6. The average Bonchev–Trinajstić information content (AvgIpc) is 3.22. The monoisotopic (exact) mass is 413 g/mol. The van der Waals surface area contributed by atoms with Gasteiger partial charge < -0.3 is 0 Å². The van der Waals surface area contributed by atoms with E-state index in [9.17, 15) is 0 Å². The Labute approximate surface area is 185 Å². The fourth-order valence-electron chi connectivity index (χ4n) is 5.26. The van der Waals surface area contributed by atoms with Gasteiger partial charge in [-0.15, -0.1) is 11.3 Å². The van der Waals surface area contributed by atoms with Gasteiger partial charge in [-0.1, -0.05) is 78.9 Å². The molecule has 2 atom stereocenters. The molecule has 0 amide bonds. The van der Waals surface area contributed by atoms with Crippen LogP contribution < -0.4 is 0 Å². The molecule has 2 heterocycles. The third-order valence-corrected chi connectivity index (χ3v) is 7.82. The van der Waals surface area contributed by atoms with Crippen molar-refractivity contribution in [2.24, 2.45) is 0 Å². The topological polar surface area (TPSA) is 12.9 Å². The first-order valence-electron chi connectivity index (χ1n) is 10.7. The molecule has 2 heteroatoms. The summed E-state index contributed by atoms with van der Waals surface area (Å²) in [6.45, 7) is 0. The summed E-state index contributed by atoms with van der Waals surface area (Å²) in [7, 11) is 0. The Bertz CT molecular complexity index is 1550. The molecular formula is C29H19NS. The molecule has 0 radical (unpaired) electrons. The molecule has 0 saturated carbocycles. The summed E-state index contributed by atoms with van der Waals surface area (Å²) in [4.78, 5) is 5.92. The first-order chi connectivity index (χ1) is 15.4. The first kappa shape index (κ1) is 17.2. The highest BCUT2D eigenvalue weighted by Gasteiger charge is 2.31. The van der Waals surface area contributed by atoms with E-state index >= 15 is 0 Å². The molecule has 5 aromatic rings. The predicted molar refractivity (Wildman–Crippen MR) is 132 cm³/mol. The van der Waals surface area contributed by atoms with Crippen molar-refractivity contribution in [1.29, 1.82) is 0 Å². The second-order valence-electron chi connectivity index (χ2n) is 8.39. The molecule has 2 aliphatic rings. The van der Waals surface area contributed by atoms with Crippen LogP contribution in [0.25, 0.3) is 42.6 Å². The van der Waals surface area contributed by atoms with E-state index in [1.807, 2.05) is 6.20 Å². The fraction of sp³-hybridized carbons (Fsp3) is 0.0690. The summed E-state index contributed by atoms with van der Waals surface area (Å²) in [5, 5.41) is 2.54. The van der Waals surface area contributed by atoms with Crippen molar-refractivity contribution in [3.63, 3.8) is 0 Å². The van der Waals surface area contributed by atoms with Crippen LogP contribution >= 0.6 is 11.3 Å². The van der Waals surface area contributed by atoms with Gasteiger partial charge in [-0.05, 0) is 46.0 Å². The molecule has 7 rings (SSSR count). The van der Waals surface area contributed by atoms with Crippen molar-refractivity contribution in [1.82, 2.24) is 4.98 Å². The maximum atomic E-state index is 4.81. The zero-order chi connectivity index (χ0) is 20.4. The molecule has 0 aliphatic heterocycles. The van der Waals surface area contributed by atoms with Crippen LogP contribution in [0.3, 0.4) is 0 Å². The molecule has 2 aromatic heterocycles. The summed E-state index contributed by atoms with van der Waals surface area (Å²) in [6, 6.07) is 26.8. The maximum Gasteiger partial charge on any atom is 0.124 e. The third-order valence-electron chi connectivity index (χ3n) is 6.73. The highest BCUT2D eigenvalue weighted by Crippen LogP contribution is 2.50. The minimum atomic E-state index is 0.408. The summed E-state index contributed by atoms with van der Waals surface area (Å²) >= 11 is 1.77. The summed E-state index contributed by atoms with van der Waals surface area (Å²) < 4.78 is 1.30. The molecule has 146 valence electrons. The number of fused-ring (bicyclic) bond motifs is 9. The molecular weight excluding hydrogens is 394 g/mol. The lowest BCUT2D eigenvalue weighted by molar-refractivity contribution is 0.720. The number of hydrogen-bond donors (Lipinski definition) is 0. The molecule has 0 fully saturated rings. The van der Waals surface area contributed by atoms with Crippen LogP contribution in [-0.2, 0) is 0 Å². The van der Waals surface area contributed by atoms with Gasteiger partial charge in [0.05, 0.1) is 0 Å². The molecule has 0 spiro atoms. The zero-order valence-electron chi connectivity index (χ0n) is 16.8. The lowest BCUT2D eigenvalue weighted by atomic mass is 9.69. The predicted octanol–water partition coefficient (Wildman–Crippen LogP) is 8.09. The van der Waals surface area contributed by atoms with Crippen molar-refractivity contribution in [2.75, 3.05) is 0 Å². The Morgan fingerprint density at radius 1 is 0.645 bits per heavy atom. The Hall–Kier alpha value is -3.49. The van der Waals surface area contributed by atoms with Crippen LogP contribution in [0.4, 0.5) is 0 Å². The first-order valence-corrected chi connectivity index (χ1v) is 11.5. The summed E-state index contributed by atoms with van der Waals surface area (Å²) in [6.07, 6.45) is 11.1. The van der Waals surface area contributed by atoms with Crippen LogP contribution in [0.15, 0.2) is 103 Å². The second kappa shape index (κ2) is 6.50. The van der Waals surface area contributed by atoms with Crippen molar-refractivity contribution >= 4 is 31.6 Å². The van der Waals surface area contributed by atoms with Gasteiger partial charge in [0, 0.05) is 39.1 Å². The molecule has 1 nitrogen and oxygen atoms in total. The Morgan fingerprint density at radius 3 is 2.32 bits per heavy atom. The van der Waals surface area contributed by atoms with E-state index in [4.69, 9.17) is 4.98 Å². The quantitative estimate of drug-likeness (QED) is 0.271. The van der Waals surface area contributed by atoms with Gasteiger partial charge >= 0.3 is 0 Å². The normalized spacial score (nSPS) is 18.7. The molecule has 31 heavy (non-hydrogen) atoms. The second-order valence-corrected chi connectivity index (χ2v) is 9.42. The minimum Gasteiger partial charge on any atom is -0.245 e. The Morgan fingerprint density at radius 2 is 1.42 bits per heavy atom. The largest absolute Gasteiger partial charge is 0.245 e. The number of rotatable bonds is 1. The van der Waals surface area contributed by atoms with E-state index in [2.05, 4.69) is 97.1 Å². The Kier molecular flexibility index (Phi) is 3.61. The lowest BCUT2D eigenvalue weighted by Gasteiger charge is -2.34. The van der Waals surface area contributed by atoms with E-state index in [1.165, 1.54) is 48.9 Å². The standard InChI is InChI=1S/C29H19NS/c1-2-9-22-20(7-1)21-8-3-4-10-23(21)26-15-18(13-14-24(22)26)19-16-27-25-11-5-6-12-28(25)31-29(27)30-17-19/h1-17,20,22H. The highest BCUT2D eigenvalue weighted by molar-refractivity contribution is 7.25. The van der Waals surface area contributed by atoms with Crippen molar-refractivity contribution in [3.8, 4) is 22.3 Å². The Balaban J connectivity index is 1.43. The van der Waals surface area contributed by atoms with Gasteiger partial charge in [-0.25, -0.2) is 4.98 Å². The maximum absolute atomic E-state index is 4.81. The number of nitrogens with zero attached hydrogens (tertiary/aromatic N) is 1. The number of benzene rings is 3. The molecule has 2 unspecified atom stereocenters. The van der Waals surface area contributed by atoms with Gasteiger partial charge in [0.1, 0.15) is 4.83 Å². The van der Waals surface area contributed by atoms with Crippen LogP contribution in [0.1, 0.15) is 23.0 Å². The van der Waals surface area contributed by atoms with E-state index in [0.717, 1.165) is 4.83 Å². The van der Waals surface area contributed by atoms with Gasteiger partial charge in [0.2, 0.25) is 0 Å². The number of allylic oxidation sites excluding steroid dienone is 4. The van der Waals surface area contributed by atoms with Crippen molar-refractivity contribution in [2.45, 2.75) is 11.8 Å². The van der Waals surface area contributed by atoms with Crippen molar-refractivity contribution < 1.29 is 0 Å². The minimum absolute atomic E-state index is 0.408. The SMILES string of the molecule is C1=CC2c3ccccc3-c3cc(-c4cnc5sc6ccccc6c5c4)ccc3C2C=C1. The number of aromatic nitrogens is 1. The van der Waals surface area contributed by atoms with E-state index in [-0.39, 0.29) is 0 Å². The van der Waals surface area contributed by atoms with Crippen LogP contribution in [-0.4, -0.2) is 4.98 Å². The van der Waals surface area contributed by atoms with E-state index in [1.54, 1.807) is 11.3 Å². The van der Waals surface area contributed by atoms with Crippen LogP contribution in [0.2, 0.25) is 0 Å². The molecule has 2 aliphatic carbocycles. The van der Waals surface area contributed by atoms with Gasteiger partial charge in [-0.3, -0.25) is 0 Å².